The molecule has 0 heterocycles. The molecule has 2 nitrogen and oxygen atoms in total. The van der Waals surface area contributed by atoms with Gasteiger partial charge in [0.2, 0.25) is 0 Å². The van der Waals surface area contributed by atoms with Crippen LogP contribution in [0.15, 0.2) is 24.3 Å². The van der Waals surface area contributed by atoms with Gasteiger partial charge in [-0.25, -0.2) is 0 Å². The number of benzene rings is 1. The Morgan fingerprint density at radius 3 is 2.11 bits per heavy atom. The summed E-state index contributed by atoms with van der Waals surface area (Å²) >= 11 is 0. The maximum atomic E-state index is 5.99. The van der Waals surface area contributed by atoms with E-state index in [0.29, 0.717) is 18.5 Å². The van der Waals surface area contributed by atoms with Gasteiger partial charge in [-0.15, -0.1) is 0 Å². The molecule has 102 valence electrons. The zero-order chi connectivity index (χ0) is 13.5. The quantitative estimate of drug-likeness (QED) is 0.802. The van der Waals surface area contributed by atoms with Crippen molar-refractivity contribution in [3.63, 3.8) is 0 Å². The van der Waals surface area contributed by atoms with E-state index in [1.807, 2.05) is 0 Å². The summed E-state index contributed by atoms with van der Waals surface area (Å²) in [6.45, 7) is 11.8. The third-order valence-corrected chi connectivity index (χ3v) is 3.44. The van der Waals surface area contributed by atoms with Crippen LogP contribution in [-0.4, -0.2) is 24.5 Å². The Bertz CT molecular complexity index is 329. The van der Waals surface area contributed by atoms with E-state index in [1.54, 1.807) is 0 Å². The number of likely N-dealkylation sites (N-methyl/N-ethyl adjacent to an activating group) is 1. The predicted octanol–water partition coefficient (Wildman–Crippen LogP) is 3.23. The average Bonchev–Trinajstić information content (AvgIpc) is 2.38. The molecule has 1 aromatic rings. The number of hydrogen-bond donors (Lipinski definition) is 1. The number of nitrogens with zero attached hydrogens (tertiary/aromatic N) is 1. The molecule has 18 heavy (non-hydrogen) atoms. The Morgan fingerprint density at radius 1 is 1.11 bits per heavy atom. The van der Waals surface area contributed by atoms with Crippen LogP contribution >= 0.6 is 0 Å². The summed E-state index contributed by atoms with van der Waals surface area (Å²) in [5, 5.41) is 0. The molecule has 0 saturated heterocycles. The van der Waals surface area contributed by atoms with Crippen LogP contribution in [0.4, 0.5) is 0 Å². The van der Waals surface area contributed by atoms with Gasteiger partial charge in [0.15, 0.2) is 0 Å². The van der Waals surface area contributed by atoms with E-state index in [1.165, 1.54) is 11.1 Å². The number of aryl methyl sites for hydroxylation is 1. The highest BCUT2D eigenvalue weighted by atomic mass is 15.2. The first kappa shape index (κ1) is 15.2. The third-order valence-electron chi connectivity index (χ3n) is 3.44. The molecular weight excluding hydrogens is 220 g/mol. The second-order valence-electron chi connectivity index (χ2n) is 5.33. The zero-order valence-corrected chi connectivity index (χ0v) is 12.3. The molecule has 1 atom stereocenters. The smallest absolute Gasteiger partial charge is 0.0470 e. The number of nitrogens with two attached hydrogens (primary N) is 1. The maximum Gasteiger partial charge on any atom is 0.0470 e. The molecule has 0 spiro atoms. The van der Waals surface area contributed by atoms with Crippen LogP contribution in [0.25, 0.3) is 0 Å². The third kappa shape index (κ3) is 4.11. The lowest BCUT2D eigenvalue weighted by atomic mass is 10.0. The molecule has 1 rings (SSSR count). The van der Waals surface area contributed by atoms with Crippen molar-refractivity contribution in [1.82, 2.24) is 4.90 Å². The molecule has 0 saturated carbocycles. The van der Waals surface area contributed by atoms with Gasteiger partial charge in [0, 0.05) is 19.1 Å². The Labute approximate surface area is 112 Å². The molecule has 0 aliphatic rings. The Morgan fingerprint density at radius 2 is 1.72 bits per heavy atom. The van der Waals surface area contributed by atoms with Crippen molar-refractivity contribution in [3.05, 3.63) is 35.4 Å². The highest BCUT2D eigenvalue weighted by Gasteiger charge is 2.18. The average molecular weight is 248 g/mol. The van der Waals surface area contributed by atoms with Crippen LogP contribution in [0.5, 0.6) is 0 Å². The maximum absolute atomic E-state index is 5.99. The van der Waals surface area contributed by atoms with Crippen molar-refractivity contribution in [3.8, 4) is 0 Å². The van der Waals surface area contributed by atoms with Crippen molar-refractivity contribution in [1.29, 1.82) is 0 Å². The summed E-state index contributed by atoms with van der Waals surface area (Å²) in [6, 6.07) is 9.27. The highest BCUT2D eigenvalue weighted by Crippen LogP contribution is 2.21. The van der Waals surface area contributed by atoms with E-state index < -0.39 is 0 Å². The molecule has 1 aromatic carbocycles. The first-order valence-corrected chi connectivity index (χ1v) is 7.15. The molecule has 0 fully saturated rings. The standard InChI is InChI=1S/C16H28N2/c1-5-14-7-9-15(10-8-14)16(11-17)18(6-2)12-13(3)4/h7-10,13,16H,5-6,11-12,17H2,1-4H3. The van der Waals surface area contributed by atoms with E-state index >= 15 is 0 Å². The van der Waals surface area contributed by atoms with E-state index in [4.69, 9.17) is 5.73 Å². The fourth-order valence-electron chi connectivity index (χ4n) is 2.42. The van der Waals surface area contributed by atoms with Gasteiger partial charge in [0.05, 0.1) is 0 Å². The number of hydrogen-bond acceptors (Lipinski definition) is 2. The Balaban J connectivity index is 2.85. The van der Waals surface area contributed by atoms with Crippen molar-refractivity contribution >= 4 is 0 Å². The van der Waals surface area contributed by atoms with Crippen LogP contribution in [0.1, 0.15) is 44.9 Å². The Kier molecular flexibility index (Phi) is 6.37. The number of rotatable bonds is 7. The van der Waals surface area contributed by atoms with Crippen molar-refractivity contribution < 1.29 is 0 Å². The lowest BCUT2D eigenvalue weighted by Crippen LogP contribution is -2.36. The molecule has 0 aromatic heterocycles. The largest absolute Gasteiger partial charge is 0.329 e. The summed E-state index contributed by atoms with van der Waals surface area (Å²) in [5.74, 6) is 0.675. The van der Waals surface area contributed by atoms with Crippen molar-refractivity contribution in [2.45, 2.75) is 40.2 Å². The summed E-state index contributed by atoms with van der Waals surface area (Å²) in [4.78, 5) is 2.48. The van der Waals surface area contributed by atoms with Gasteiger partial charge >= 0.3 is 0 Å². The van der Waals surface area contributed by atoms with Gasteiger partial charge in [-0.1, -0.05) is 52.0 Å². The molecule has 2 N–H and O–H groups in total. The first-order valence-electron chi connectivity index (χ1n) is 7.15. The minimum Gasteiger partial charge on any atom is -0.329 e. The Hall–Kier alpha value is -0.860. The molecule has 0 bridgehead atoms. The van der Waals surface area contributed by atoms with Crippen molar-refractivity contribution in [2.75, 3.05) is 19.6 Å². The van der Waals surface area contributed by atoms with Gasteiger partial charge in [0.25, 0.3) is 0 Å². The minimum atomic E-state index is 0.350. The van der Waals surface area contributed by atoms with Crippen LogP contribution in [0, 0.1) is 5.92 Å². The second kappa shape index (κ2) is 7.55. The first-order chi connectivity index (χ1) is 8.62. The fraction of sp³-hybridized carbons (Fsp3) is 0.625. The van der Waals surface area contributed by atoms with Crippen LogP contribution in [0.2, 0.25) is 0 Å². The second-order valence-corrected chi connectivity index (χ2v) is 5.33. The molecule has 0 radical (unpaired) electrons. The molecule has 0 amide bonds. The lowest BCUT2D eigenvalue weighted by molar-refractivity contribution is 0.189. The molecule has 2 heteroatoms. The summed E-state index contributed by atoms with van der Waals surface area (Å²) in [7, 11) is 0. The van der Waals surface area contributed by atoms with Gasteiger partial charge in [0.1, 0.15) is 0 Å². The van der Waals surface area contributed by atoms with E-state index in [-0.39, 0.29) is 0 Å². The molecular formula is C16H28N2. The molecule has 0 aliphatic carbocycles. The molecule has 0 aliphatic heterocycles. The topological polar surface area (TPSA) is 29.3 Å². The predicted molar refractivity (Wildman–Crippen MR) is 79.7 cm³/mol. The normalized spacial score (nSPS) is 13.3. The SMILES string of the molecule is CCc1ccc(C(CN)N(CC)CC(C)C)cc1. The van der Waals surface area contributed by atoms with Crippen LogP contribution in [0.3, 0.4) is 0 Å². The monoisotopic (exact) mass is 248 g/mol. The summed E-state index contributed by atoms with van der Waals surface area (Å²) in [6.07, 6.45) is 1.09. The van der Waals surface area contributed by atoms with E-state index in [9.17, 15) is 0 Å². The van der Waals surface area contributed by atoms with Gasteiger partial charge in [-0.3, -0.25) is 4.90 Å². The zero-order valence-electron chi connectivity index (χ0n) is 12.3. The highest BCUT2D eigenvalue weighted by molar-refractivity contribution is 5.25. The fourth-order valence-corrected chi connectivity index (χ4v) is 2.42. The van der Waals surface area contributed by atoms with Crippen LogP contribution < -0.4 is 5.73 Å². The van der Waals surface area contributed by atoms with Crippen LogP contribution in [-0.2, 0) is 6.42 Å². The minimum absolute atomic E-state index is 0.350. The van der Waals surface area contributed by atoms with Gasteiger partial charge in [-0.05, 0) is 30.0 Å². The van der Waals surface area contributed by atoms with E-state index in [2.05, 4.69) is 56.9 Å². The summed E-state index contributed by atoms with van der Waals surface area (Å²) < 4.78 is 0. The molecule has 1 unspecified atom stereocenters. The van der Waals surface area contributed by atoms with E-state index in [0.717, 1.165) is 19.5 Å². The lowest BCUT2D eigenvalue weighted by Gasteiger charge is -2.31. The summed E-state index contributed by atoms with van der Waals surface area (Å²) in [5.41, 5.74) is 8.72. The van der Waals surface area contributed by atoms with Gasteiger partial charge < -0.3 is 5.73 Å². The van der Waals surface area contributed by atoms with Crippen molar-refractivity contribution in [2.24, 2.45) is 11.7 Å². The van der Waals surface area contributed by atoms with Gasteiger partial charge in [-0.2, -0.15) is 0 Å².